The fourth-order valence-electron chi connectivity index (χ4n) is 2.40. The Kier molecular flexibility index (Phi) is 4.23. The van der Waals surface area contributed by atoms with Gasteiger partial charge in [-0.3, -0.25) is 0 Å². The summed E-state index contributed by atoms with van der Waals surface area (Å²) in [5.74, 6) is 0.351. The van der Waals surface area contributed by atoms with Crippen molar-refractivity contribution >= 4 is 16.7 Å². The van der Waals surface area contributed by atoms with Crippen LogP contribution in [0.15, 0.2) is 36.4 Å². The minimum Gasteiger partial charge on any atom is -0.494 e. The van der Waals surface area contributed by atoms with Gasteiger partial charge in [-0.15, -0.1) is 5.10 Å². The van der Waals surface area contributed by atoms with E-state index in [-0.39, 0.29) is 5.69 Å². The molecule has 23 heavy (non-hydrogen) atoms. The molecule has 0 aliphatic heterocycles. The zero-order valence-electron chi connectivity index (χ0n) is 13.0. The summed E-state index contributed by atoms with van der Waals surface area (Å²) in [6, 6.07) is 11.7. The maximum Gasteiger partial charge on any atom is 0.361 e. The number of aromatic nitrogens is 3. The molecule has 0 atom stereocenters. The van der Waals surface area contributed by atoms with E-state index >= 15 is 0 Å². The Morgan fingerprint density at radius 3 is 2.61 bits per heavy atom. The zero-order valence-corrected chi connectivity index (χ0v) is 13.0. The van der Waals surface area contributed by atoms with E-state index in [0.717, 1.165) is 22.1 Å². The average Bonchev–Trinajstić information content (AvgIpc) is 3.04. The van der Waals surface area contributed by atoms with Crippen LogP contribution < -0.4 is 4.74 Å². The molecule has 0 saturated carbocycles. The number of carbonyl (C=O) groups excluding carboxylic acids is 1. The molecule has 1 N–H and O–H groups in total. The van der Waals surface area contributed by atoms with E-state index in [1.807, 2.05) is 43.3 Å². The van der Waals surface area contributed by atoms with Crippen LogP contribution in [0.25, 0.3) is 22.0 Å². The Morgan fingerprint density at radius 1 is 1.04 bits per heavy atom. The molecule has 3 aromatic rings. The number of rotatable bonds is 5. The minimum absolute atomic E-state index is 0.192. The van der Waals surface area contributed by atoms with Crippen LogP contribution in [-0.4, -0.2) is 34.6 Å². The van der Waals surface area contributed by atoms with Gasteiger partial charge in [-0.25, -0.2) is 4.79 Å². The van der Waals surface area contributed by atoms with Gasteiger partial charge in [0.25, 0.3) is 0 Å². The van der Waals surface area contributed by atoms with Gasteiger partial charge in [-0.1, -0.05) is 18.2 Å². The van der Waals surface area contributed by atoms with Crippen molar-refractivity contribution in [3.05, 3.63) is 42.1 Å². The lowest BCUT2D eigenvalue weighted by Crippen LogP contribution is -2.06. The van der Waals surface area contributed by atoms with Crippen molar-refractivity contribution in [2.24, 2.45) is 0 Å². The van der Waals surface area contributed by atoms with E-state index in [9.17, 15) is 4.79 Å². The quantitative estimate of drug-likeness (QED) is 0.732. The number of esters is 1. The summed E-state index contributed by atoms with van der Waals surface area (Å²) < 4.78 is 10.5. The number of fused-ring (bicyclic) bond motifs is 1. The highest BCUT2D eigenvalue weighted by Gasteiger charge is 2.19. The third-order valence-corrected chi connectivity index (χ3v) is 3.41. The van der Waals surface area contributed by atoms with Crippen LogP contribution in [0.5, 0.6) is 5.75 Å². The number of H-pyrrole nitrogens is 1. The second-order valence-electron chi connectivity index (χ2n) is 4.90. The predicted octanol–water partition coefficient (Wildman–Crippen LogP) is 3.20. The van der Waals surface area contributed by atoms with Gasteiger partial charge in [0.15, 0.2) is 5.69 Å². The Morgan fingerprint density at radius 2 is 1.83 bits per heavy atom. The highest BCUT2D eigenvalue weighted by atomic mass is 16.5. The Labute approximate surface area is 133 Å². The van der Waals surface area contributed by atoms with Crippen molar-refractivity contribution in [2.75, 3.05) is 13.2 Å². The molecular formula is C17H17N3O3. The molecule has 0 amide bonds. The van der Waals surface area contributed by atoms with E-state index in [0.29, 0.717) is 18.9 Å². The number of nitrogens with one attached hydrogen (secondary N) is 1. The SMILES string of the molecule is CCOC(=O)c1n[nH]nc1-c1ccc2cc(OCC)ccc2c1. The maximum atomic E-state index is 11.9. The molecule has 0 aliphatic rings. The van der Waals surface area contributed by atoms with Crippen LogP contribution in [0.1, 0.15) is 24.3 Å². The Balaban J connectivity index is 2.00. The molecule has 118 valence electrons. The van der Waals surface area contributed by atoms with Gasteiger partial charge >= 0.3 is 5.97 Å². The first-order chi connectivity index (χ1) is 11.2. The fraction of sp³-hybridized carbons (Fsp3) is 0.235. The lowest BCUT2D eigenvalue weighted by atomic mass is 10.0. The summed E-state index contributed by atoms with van der Waals surface area (Å²) in [7, 11) is 0. The Bertz CT molecular complexity index is 842. The second kappa shape index (κ2) is 6.48. The zero-order chi connectivity index (χ0) is 16.2. The molecular weight excluding hydrogens is 294 g/mol. The second-order valence-corrected chi connectivity index (χ2v) is 4.90. The summed E-state index contributed by atoms with van der Waals surface area (Å²) in [5, 5.41) is 12.6. The largest absolute Gasteiger partial charge is 0.494 e. The lowest BCUT2D eigenvalue weighted by molar-refractivity contribution is 0.0520. The van der Waals surface area contributed by atoms with Gasteiger partial charge in [0.05, 0.1) is 13.2 Å². The minimum atomic E-state index is -0.483. The number of ether oxygens (including phenoxy) is 2. The van der Waals surface area contributed by atoms with E-state index in [4.69, 9.17) is 9.47 Å². The summed E-state index contributed by atoms with van der Waals surface area (Å²) in [4.78, 5) is 11.9. The molecule has 1 heterocycles. The monoisotopic (exact) mass is 311 g/mol. The van der Waals surface area contributed by atoms with Crippen LogP contribution in [0, 0.1) is 0 Å². The molecule has 0 bridgehead atoms. The molecule has 1 aromatic heterocycles. The summed E-state index contributed by atoms with van der Waals surface area (Å²) >= 11 is 0. The van der Waals surface area contributed by atoms with Gasteiger partial charge in [-0.05, 0) is 42.8 Å². The maximum absolute atomic E-state index is 11.9. The van der Waals surface area contributed by atoms with E-state index in [2.05, 4.69) is 15.4 Å². The van der Waals surface area contributed by atoms with Crippen LogP contribution >= 0.6 is 0 Å². The molecule has 0 aliphatic carbocycles. The van der Waals surface area contributed by atoms with E-state index < -0.39 is 5.97 Å². The van der Waals surface area contributed by atoms with Gasteiger partial charge in [-0.2, -0.15) is 10.3 Å². The molecule has 2 aromatic carbocycles. The third-order valence-electron chi connectivity index (χ3n) is 3.41. The predicted molar refractivity (Wildman–Crippen MR) is 86.5 cm³/mol. The molecule has 3 rings (SSSR count). The van der Waals surface area contributed by atoms with E-state index in [1.54, 1.807) is 6.92 Å². The molecule has 6 heteroatoms. The average molecular weight is 311 g/mol. The van der Waals surface area contributed by atoms with Gasteiger partial charge < -0.3 is 9.47 Å². The summed E-state index contributed by atoms with van der Waals surface area (Å²) in [6.07, 6.45) is 0. The van der Waals surface area contributed by atoms with Crippen molar-refractivity contribution in [1.29, 1.82) is 0 Å². The van der Waals surface area contributed by atoms with Crippen molar-refractivity contribution in [3.8, 4) is 17.0 Å². The van der Waals surface area contributed by atoms with Crippen molar-refractivity contribution in [2.45, 2.75) is 13.8 Å². The molecule has 0 spiro atoms. The lowest BCUT2D eigenvalue weighted by Gasteiger charge is -2.06. The first-order valence-corrected chi connectivity index (χ1v) is 7.47. The van der Waals surface area contributed by atoms with Gasteiger partial charge in [0.2, 0.25) is 0 Å². The molecule has 6 nitrogen and oxygen atoms in total. The van der Waals surface area contributed by atoms with Crippen LogP contribution in [0.4, 0.5) is 0 Å². The van der Waals surface area contributed by atoms with Crippen molar-refractivity contribution in [3.63, 3.8) is 0 Å². The van der Waals surface area contributed by atoms with Gasteiger partial charge in [0, 0.05) is 5.56 Å². The Hall–Kier alpha value is -2.89. The smallest absolute Gasteiger partial charge is 0.361 e. The molecule has 0 saturated heterocycles. The van der Waals surface area contributed by atoms with Crippen molar-refractivity contribution in [1.82, 2.24) is 15.4 Å². The molecule has 0 fully saturated rings. The third kappa shape index (κ3) is 3.01. The molecule has 0 radical (unpaired) electrons. The molecule has 0 unspecified atom stereocenters. The number of hydrogen-bond acceptors (Lipinski definition) is 5. The number of hydrogen-bond donors (Lipinski definition) is 1. The summed E-state index contributed by atoms with van der Waals surface area (Å²) in [6.45, 7) is 4.63. The van der Waals surface area contributed by atoms with Crippen molar-refractivity contribution < 1.29 is 14.3 Å². The normalized spacial score (nSPS) is 10.7. The topological polar surface area (TPSA) is 77.1 Å². The number of nitrogens with zero attached hydrogens (tertiary/aromatic N) is 2. The first-order valence-electron chi connectivity index (χ1n) is 7.47. The highest BCUT2D eigenvalue weighted by Crippen LogP contribution is 2.27. The standard InChI is InChI=1S/C17H17N3O3/c1-3-22-14-8-7-11-9-13(6-5-12(11)10-14)15-16(19-20-18-15)17(21)23-4-2/h5-10H,3-4H2,1-2H3,(H,18,19,20). The van der Waals surface area contributed by atoms with E-state index in [1.165, 1.54) is 0 Å². The number of benzene rings is 2. The van der Waals surface area contributed by atoms with Gasteiger partial charge in [0.1, 0.15) is 11.4 Å². The fourth-order valence-corrected chi connectivity index (χ4v) is 2.40. The number of carbonyl (C=O) groups is 1. The van der Waals surface area contributed by atoms with Crippen LogP contribution in [0.2, 0.25) is 0 Å². The van der Waals surface area contributed by atoms with Crippen LogP contribution in [0.3, 0.4) is 0 Å². The first kappa shape index (κ1) is 15.0. The van der Waals surface area contributed by atoms with Crippen LogP contribution in [-0.2, 0) is 4.74 Å². The summed E-state index contributed by atoms with van der Waals surface area (Å²) in [5.41, 5.74) is 1.48. The highest BCUT2D eigenvalue weighted by molar-refractivity contribution is 5.96. The number of aromatic amines is 1.